The molecule has 1 aliphatic heterocycles. The Kier molecular flexibility index (Phi) is 4.98. The number of hydrogen-bond acceptors (Lipinski definition) is 5. The summed E-state index contributed by atoms with van der Waals surface area (Å²) < 4.78 is 21.2. The van der Waals surface area contributed by atoms with Crippen LogP contribution in [0.1, 0.15) is 36.5 Å². The molecule has 0 spiro atoms. The maximum atomic E-state index is 13.6. The zero-order valence-corrected chi connectivity index (χ0v) is 18.7. The Bertz CT molecular complexity index is 1400. The molecule has 9 heteroatoms. The van der Waals surface area contributed by atoms with Crippen molar-refractivity contribution in [1.82, 2.24) is 25.1 Å². The molecule has 35 heavy (non-hydrogen) atoms. The minimum Gasteiger partial charge on any atom is -0.468 e. The van der Waals surface area contributed by atoms with Crippen molar-refractivity contribution in [3.8, 4) is 34.0 Å². The van der Waals surface area contributed by atoms with E-state index in [-0.39, 0.29) is 12.4 Å². The molecular formula is C26H22FN5O3. The summed E-state index contributed by atoms with van der Waals surface area (Å²) in [5.41, 5.74) is 4.39. The van der Waals surface area contributed by atoms with Crippen LogP contribution < -0.4 is 10.1 Å². The number of alkyl halides is 1. The normalized spacial score (nSPS) is 15.3. The second-order valence-electron chi connectivity index (χ2n) is 8.81. The summed E-state index contributed by atoms with van der Waals surface area (Å²) in [6.45, 7) is -0.595. The highest BCUT2D eigenvalue weighted by molar-refractivity contribution is 5.83. The Morgan fingerprint density at radius 1 is 1.09 bits per heavy atom. The van der Waals surface area contributed by atoms with Crippen LogP contribution in [0.3, 0.4) is 0 Å². The maximum Gasteiger partial charge on any atom is 0.405 e. The Morgan fingerprint density at radius 2 is 1.86 bits per heavy atom. The summed E-state index contributed by atoms with van der Waals surface area (Å²) in [7, 11) is 0. The standard InChI is InChI=1S/C26H22FN5O3/c27-14-21-30-31-22-15-35-24-20(32(21)22)13-19(16-5-2-1-3-6-16)23(28-24)17-7-9-18(10-8-17)26(11-4-12-26)29-25(33)34/h1-3,5-10,13,29H,4,11-12,14-15H2,(H,33,34). The molecule has 1 aliphatic carbocycles. The molecule has 2 N–H and O–H groups in total. The average molecular weight is 471 g/mol. The average Bonchev–Trinajstić information content (AvgIpc) is 3.30. The third-order valence-corrected chi connectivity index (χ3v) is 6.81. The fraction of sp³-hybridized carbons (Fsp3) is 0.231. The van der Waals surface area contributed by atoms with Crippen molar-refractivity contribution < 1.29 is 19.0 Å². The number of halogens is 1. The predicted molar refractivity (Wildman–Crippen MR) is 126 cm³/mol. The largest absolute Gasteiger partial charge is 0.468 e. The molecule has 2 aliphatic rings. The van der Waals surface area contributed by atoms with Crippen molar-refractivity contribution in [3.63, 3.8) is 0 Å². The van der Waals surface area contributed by atoms with E-state index in [1.54, 1.807) is 4.57 Å². The molecule has 3 heterocycles. The maximum absolute atomic E-state index is 13.6. The van der Waals surface area contributed by atoms with Crippen LogP contribution in [0.15, 0.2) is 60.7 Å². The number of carboxylic acid groups (broad SMARTS) is 1. The fourth-order valence-corrected chi connectivity index (χ4v) is 4.92. The minimum absolute atomic E-state index is 0.152. The second kappa shape index (κ2) is 8.19. The van der Waals surface area contributed by atoms with Gasteiger partial charge in [-0.3, -0.25) is 4.57 Å². The molecule has 1 fully saturated rings. The van der Waals surface area contributed by atoms with Crippen molar-refractivity contribution in [2.75, 3.05) is 0 Å². The summed E-state index contributed by atoms with van der Waals surface area (Å²) in [5, 5.41) is 20.0. The van der Waals surface area contributed by atoms with E-state index >= 15 is 0 Å². The molecule has 6 rings (SSSR count). The van der Waals surface area contributed by atoms with Crippen LogP contribution in [-0.2, 0) is 18.8 Å². The molecule has 8 nitrogen and oxygen atoms in total. The highest BCUT2D eigenvalue weighted by Gasteiger charge is 2.40. The number of amides is 1. The molecule has 4 aromatic rings. The van der Waals surface area contributed by atoms with Crippen molar-refractivity contribution in [1.29, 1.82) is 0 Å². The number of hydrogen-bond donors (Lipinski definition) is 2. The van der Waals surface area contributed by atoms with Gasteiger partial charge in [-0.05, 0) is 36.5 Å². The molecular weight excluding hydrogens is 449 g/mol. The van der Waals surface area contributed by atoms with E-state index in [4.69, 9.17) is 9.72 Å². The van der Waals surface area contributed by atoms with Crippen molar-refractivity contribution in [2.24, 2.45) is 0 Å². The van der Waals surface area contributed by atoms with Gasteiger partial charge in [-0.25, -0.2) is 14.2 Å². The lowest BCUT2D eigenvalue weighted by atomic mass is 9.71. The van der Waals surface area contributed by atoms with Gasteiger partial charge in [0.15, 0.2) is 18.3 Å². The summed E-state index contributed by atoms with van der Waals surface area (Å²) >= 11 is 0. The van der Waals surface area contributed by atoms with Gasteiger partial charge in [0.1, 0.15) is 12.4 Å². The first-order valence-corrected chi connectivity index (χ1v) is 11.4. The van der Waals surface area contributed by atoms with Crippen LogP contribution in [0.2, 0.25) is 0 Å². The van der Waals surface area contributed by atoms with Gasteiger partial charge in [0.2, 0.25) is 5.88 Å². The molecule has 2 aromatic heterocycles. The summed E-state index contributed by atoms with van der Waals surface area (Å²) in [5.74, 6) is 1.12. The van der Waals surface area contributed by atoms with E-state index in [0.717, 1.165) is 41.5 Å². The van der Waals surface area contributed by atoms with Crippen molar-refractivity contribution >= 4 is 6.09 Å². The Balaban J connectivity index is 1.48. The topological polar surface area (TPSA) is 102 Å². The van der Waals surface area contributed by atoms with E-state index in [1.165, 1.54) is 0 Å². The molecule has 0 bridgehead atoms. The third-order valence-electron chi connectivity index (χ3n) is 6.81. The highest BCUT2D eigenvalue weighted by atomic mass is 19.1. The van der Waals surface area contributed by atoms with Gasteiger partial charge >= 0.3 is 6.09 Å². The molecule has 1 saturated carbocycles. The zero-order chi connectivity index (χ0) is 24.0. The lowest BCUT2D eigenvalue weighted by molar-refractivity contribution is 0.144. The third kappa shape index (κ3) is 3.51. The number of nitrogens with one attached hydrogen (secondary N) is 1. The lowest BCUT2D eigenvalue weighted by Gasteiger charge is -2.42. The number of rotatable bonds is 5. The predicted octanol–water partition coefficient (Wildman–Crippen LogP) is 5.01. The van der Waals surface area contributed by atoms with E-state index in [1.807, 2.05) is 60.7 Å². The Labute approximate surface area is 200 Å². The molecule has 1 amide bonds. The monoisotopic (exact) mass is 471 g/mol. The summed E-state index contributed by atoms with van der Waals surface area (Å²) in [6, 6.07) is 19.6. The van der Waals surface area contributed by atoms with Crippen LogP contribution in [0.4, 0.5) is 9.18 Å². The SMILES string of the molecule is O=C(O)NC1(c2ccc(-c3nc4c(cc3-c3ccccc3)-n3c(CF)nnc3CO4)cc2)CCC1. The van der Waals surface area contributed by atoms with Gasteiger partial charge in [0, 0.05) is 11.1 Å². The van der Waals surface area contributed by atoms with Crippen LogP contribution in [0.25, 0.3) is 28.1 Å². The number of ether oxygens (including phenoxy) is 1. The van der Waals surface area contributed by atoms with Crippen LogP contribution in [0, 0.1) is 0 Å². The number of nitrogens with zero attached hydrogens (tertiary/aromatic N) is 4. The molecule has 176 valence electrons. The van der Waals surface area contributed by atoms with Crippen LogP contribution in [-0.4, -0.2) is 30.9 Å². The van der Waals surface area contributed by atoms with E-state index in [2.05, 4.69) is 15.5 Å². The second-order valence-corrected chi connectivity index (χ2v) is 8.81. The van der Waals surface area contributed by atoms with Gasteiger partial charge in [-0.15, -0.1) is 10.2 Å². The molecule has 2 aromatic carbocycles. The molecule has 0 radical (unpaired) electrons. The van der Waals surface area contributed by atoms with Gasteiger partial charge in [-0.2, -0.15) is 0 Å². The Morgan fingerprint density at radius 3 is 2.51 bits per heavy atom. The van der Waals surface area contributed by atoms with Gasteiger partial charge in [0.05, 0.1) is 11.2 Å². The number of pyridine rings is 1. The first-order chi connectivity index (χ1) is 17.1. The first-order valence-electron chi connectivity index (χ1n) is 11.4. The Hall–Kier alpha value is -4.27. The lowest BCUT2D eigenvalue weighted by Crippen LogP contribution is -2.50. The number of fused-ring (bicyclic) bond motifs is 3. The van der Waals surface area contributed by atoms with E-state index in [9.17, 15) is 14.3 Å². The van der Waals surface area contributed by atoms with Gasteiger partial charge in [-0.1, -0.05) is 54.6 Å². The van der Waals surface area contributed by atoms with E-state index < -0.39 is 18.3 Å². The van der Waals surface area contributed by atoms with Crippen molar-refractivity contribution in [3.05, 3.63) is 77.9 Å². The van der Waals surface area contributed by atoms with Crippen LogP contribution in [0.5, 0.6) is 5.88 Å². The fourth-order valence-electron chi connectivity index (χ4n) is 4.92. The quantitative estimate of drug-likeness (QED) is 0.425. The summed E-state index contributed by atoms with van der Waals surface area (Å²) in [4.78, 5) is 16.2. The zero-order valence-electron chi connectivity index (χ0n) is 18.7. The van der Waals surface area contributed by atoms with Gasteiger partial charge < -0.3 is 15.2 Å². The van der Waals surface area contributed by atoms with Gasteiger partial charge in [0.25, 0.3) is 0 Å². The summed E-state index contributed by atoms with van der Waals surface area (Å²) in [6.07, 6.45) is 1.51. The van der Waals surface area contributed by atoms with E-state index in [0.29, 0.717) is 23.1 Å². The number of carbonyl (C=O) groups is 1. The molecule has 0 unspecified atom stereocenters. The smallest absolute Gasteiger partial charge is 0.405 e. The first kappa shape index (κ1) is 21.3. The number of benzene rings is 2. The molecule has 0 atom stereocenters. The van der Waals surface area contributed by atoms with Crippen molar-refractivity contribution in [2.45, 2.75) is 38.1 Å². The molecule has 0 saturated heterocycles. The highest BCUT2D eigenvalue weighted by Crippen LogP contribution is 2.43. The van der Waals surface area contributed by atoms with Crippen LogP contribution >= 0.6 is 0 Å². The number of aromatic nitrogens is 4. The minimum atomic E-state index is -1.02.